The molecule has 100 valence electrons. The predicted octanol–water partition coefficient (Wildman–Crippen LogP) is 4.36. The average molecular weight is 258 g/mol. The molecule has 0 fully saturated rings. The lowest BCUT2D eigenvalue weighted by molar-refractivity contribution is 0.138. The highest BCUT2D eigenvalue weighted by molar-refractivity contribution is 5.30. The Hall–Kier alpha value is -1.67. The number of halogens is 1. The Balaban J connectivity index is 2.36. The Labute approximate surface area is 113 Å². The van der Waals surface area contributed by atoms with Crippen molar-refractivity contribution in [2.24, 2.45) is 0 Å². The summed E-state index contributed by atoms with van der Waals surface area (Å²) in [5.74, 6) is -0.426. The third-order valence-electron chi connectivity index (χ3n) is 3.52. The number of benzene rings is 2. The normalized spacial score (nSPS) is 14.1. The van der Waals surface area contributed by atoms with E-state index in [-0.39, 0.29) is 11.7 Å². The topological polar surface area (TPSA) is 20.2 Å². The highest BCUT2D eigenvalue weighted by Gasteiger charge is 2.23. The minimum atomic E-state index is -0.813. The van der Waals surface area contributed by atoms with Gasteiger partial charge in [-0.15, -0.1) is 0 Å². The molecule has 0 bridgehead atoms. The van der Waals surface area contributed by atoms with Gasteiger partial charge in [0.25, 0.3) is 0 Å². The second-order valence-electron chi connectivity index (χ2n) is 4.90. The van der Waals surface area contributed by atoms with Gasteiger partial charge in [0, 0.05) is 11.5 Å². The third kappa shape index (κ3) is 3.02. The van der Waals surface area contributed by atoms with Crippen molar-refractivity contribution in [3.63, 3.8) is 0 Å². The molecule has 0 aliphatic rings. The first kappa shape index (κ1) is 13.8. The number of rotatable bonds is 4. The Morgan fingerprint density at radius 3 is 2.42 bits per heavy atom. The van der Waals surface area contributed by atoms with Crippen LogP contribution in [0.15, 0.2) is 48.5 Å². The van der Waals surface area contributed by atoms with E-state index in [2.05, 4.69) is 0 Å². The molecule has 0 aromatic heterocycles. The van der Waals surface area contributed by atoms with Crippen LogP contribution in [-0.4, -0.2) is 5.11 Å². The van der Waals surface area contributed by atoms with Gasteiger partial charge in [0.05, 0.1) is 6.10 Å². The molecule has 19 heavy (non-hydrogen) atoms. The van der Waals surface area contributed by atoms with Crippen molar-refractivity contribution in [1.29, 1.82) is 0 Å². The monoisotopic (exact) mass is 258 g/mol. The zero-order valence-corrected chi connectivity index (χ0v) is 11.3. The van der Waals surface area contributed by atoms with E-state index in [9.17, 15) is 9.50 Å². The van der Waals surface area contributed by atoms with E-state index in [4.69, 9.17) is 0 Å². The fraction of sp³-hybridized carbons (Fsp3) is 0.294. The van der Waals surface area contributed by atoms with E-state index in [1.54, 1.807) is 12.1 Å². The zero-order valence-electron chi connectivity index (χ0n) is 11.3. The first-order chi connectivity index (χ1) is 9.13. The highest BCUT2D eigenvalue weighted by Crippen LogP contribution is 2.34. The number of aliphatic hydroxyl groups excluding tert-OH is 1. The molecule has 2 aromatic carbocycles. The maximum absolute atomic E-state index is 13.9. The molecule has 2 unspecified atom stereocenters. The van der Waals surface area contributed by atoms with Gasteiger partial charge >= 0.3 is 0 Å². The van der Waals surface area contributed by atoms with Crippen LogP contribution in [0.1, 0.15) is 42.1 Å². The van der Waals surface area contributed by atoms with Gasteiger partial charge in [0.2, 0.25) is 0 Å². The summed E-state index contributed by atoms with van der Waals surface area (Å²) < 4.78 is 13.9. The van der Waals surface area contributed by atoms with Crippen molar-refractivity contribution < 1.29 is 9.50 Å². The summed E-state index contributed by atoms with van der Waals surface area (Å²) in [5, 5.41) is 10.5. The van der Waals surface area contributed by atoms with E-state index in [0.29, 0.717) is 5.56 Å². The molecule has 1 nitrogen and oxygen atoms in total. The lowest BCUT2D eigenvalue weighted by Crippen LogP contribution is -2.12. The first-order valence-electron chi connectivity index (χ1n) is 6.62. The molecule has 2 aromatic rings. The summed E-state index contributed by atoms with van der Waals surface area (Å²) in [4.78, 5) is 0. The average Bonchev–Trinajstić information content (AvgIpc) is 2.43. The SMILES string of the molecule is CCC(c1ccccc1)C(O)c1cc(C)ccc1F. The van der Waals surface area contributed by atoms with Crippen LogP contribution in [0.3, 0.4) is 0 Å². The smallest absolute Gasteiger partial charge is 0.129 e. The number of hydrogen-bond donors (Lipinski definition) is 1. The molecular formula is C17H19FO. The lowest BCUT2D eigenvalue weighted by Gasteiger charge is -2.23. The van der Waals surface area contributed by atoms with Gasteiger partial charge in [-0.05, 0) is 25.0 Å². The maximum atomic E-state index is 13.9. The summed E-state index contributed by atoms with van der Waals surface area (Å²) in [6, 6.07) is 14.6. The summed E-state index contributed by atoms with van der Waals surface area (Å²) in [6.45, 7) is 3.91. The van der Waals surface area contributed by atoms with Gasteiger partial charge in [-0.25, -0.2) is 4.39 Å². The van der Waals surface area contributed by atoms with Crippen molar-refractivity contribution in [2.75, 3.05) is 0 Å². The molecule has 0 amide bonds. The Kier molecular flexibility index (Phi) is 4.33. The second kappa shape index (κ2) is 5.98. The van der Waals surface area contributed by atoms with Gasteiger partial charge in [-0.3, -0.25) is 0 Å². The number of hydrogen-bond acceptors (Lipinski definition) is 1. The standard InChI is InChI=1S/C17H19FO/c1-3-14(13-7-5-4-6-8-13)17(19)15-11-12(2)9-10-16(15)18/h4-11,14,17,19H,3H2,1-2H3. The molecule has 0 saturated heterocycles. The van der Waals surface area contributed by atoms with Crippen LogP contribution in [0.2, 0.25) is 0 Å². The van der Waals surface area contributed by atoms with Gasteiger partial charge in [0.1, 0.15) is 5.82 Å². The maximum Gasteiger partial charge on any atom is 0.129 e. The molecular weight excluding hydrogens is 239 g/mol. The predicted molar refractivity (Wildman–Crippen MR) is 75.6 cm³/mol. The van der Waals surface area contributed by atoms with E-state index in [1.165, 1.54) is 6.07 Å². The van der Waals surface area contributed by atoms with E-state index in [1.807, 2.05) is 44.2 Å². The molecule has 0 radical (unpaired) electrons. The Morgan fingerprint density at radius 1 is 1.11 bits per heavy atom. The molecule has 0 heterocycles. The van der Waals surface area contributed by atoms with Crippen LogP contribution in [-0.2, 0) is 0 Å². The summed E-state index contributed by atoms with van der Waals surface area (Å²) in [5.41, 5.74) is 2.38. The van der Waals surface area contributed by atoms with Crippen molar-refractivity contribution in [3.05, 3.63) is 71.0 Å². The van der Waals surface area contributed by atoms with Crippen molar-refractivity contribution in [2.45, 2.75) is 32.3 Å². The van der Waals surface area contributed by atoms with Gasteiger partial charge in [-0.1, -0.05) is 55.0 Å². The van der Waals surface area contributed by atoms with Crippen LogP contribution in [0.25, 0.3) is 0 Å². The van der Waals surface area contributed by atoms with Crippen LogP contribution >= 0.6 is 0 Å². The largest absolute Gasteiger partial charge is 0.388 e. The van der Waals surface area contributed by atoms with Crippen LogP contribution < -0.4 is 0 Å². The molecule has 1 N–H and O–H groups in total. The second-order valence-corrected chi connectivity index (χ2v) is 4.90. The quantitative estimate of drug-likeness (QED) is 0.863. The molecule has 0 saturated carbocycles. The summed E-state index contributed by atoms with van der Waals surface area (Å²) in [6.07, 6.45) is -0.0502. The minimum Gasteiger partial charge on any atom is -0.388 e. The van der Waals surface area contributed by atoms with E-state index < -0.39 is 6.10 Å². The summed E-state index contributed by atoms with van der Waals surface area (Å²) >= 11 is 0. The molecule has 0 spiro atoms. The molecule has 2 atom stereocenters. The molecule has 2 rings (SSSR count). The summed E-state index contributed by atoms with van der Waals surface area (Å²) in [7, 11) is 0. The van der Waals surface area contributed by atoms with Crippen molar-refractivity contribution >= 4 is 0 Å². The van der Waals surface area contributed by atoms with Crippen LogP contribution in [0, 0.1) is 12.7 Å². The van der Waals surface area contributed by atoms with Crippen molar-refractivity contribution in [3.8, 4) is 0 Å². The van der Waals surface area contributed by atoms with Crippen LogP contribution in [0.4, 0.5) is 4.39 Å². The first-order valence-corrected chi connectivity index (χ1v) is 6.62. The van der Waals surface area contributed by atoms with Gasteiger partial charge in [-0.2, -0.15) is 0 Å². The Bertz CT molecular complexity index is 536. The van der Waals surface area contributed by atoms with Gasteiger partial charge in [0.15, 0.2) is 0 Å². The molecule has 2 heteroatoms. The fourth-order valence-corrected chi connectivity index (χ4v) is 2.45. The third-order valence-corrected chi connectivity index (χ3v) is 3.52. The number of aryl methyl sites for hydroxylation is 1. The van der Waals surface area contributed by atoms with E-state index >= 15 is 0 Å². The number of aliphatic hydroxyl groups is 1. The molecule has 0 aliphatic carbocycles. The zero-order chi connectivity index (χ0) is 13.8. The van der Waals surface area contributed by atoms with Crippen LogP contribution in [0.5, 0.6) is 0 Å². The minimum absolute atomic E-state index is 0.0856. The lowest BCUT2D eigenvalue weighted by atomic mass is 9.86. The highest BCUT2D eigenvalue weighted by atomic mass is 19.1. The molecule has 0 aliphatic heterocycles. The van der Waals surface area contributed by atoms with Gasteiger partial charge < -0.3 is 5.11 Å². The van der Waals surface area contributed by atoms with E-state index in [0.717, 1.165) is 17.5 Å². The fourth-order valence-electron chi connectivity index (χ4n) is 2.45. The Morgan fingerprint density at radius 2 is 1.79 bits per heavy atom. The van der Waals surface area contributed by atoms with Crippen molar-refractivity contribution in [1.82, 2.24) is 0 Å².